The molecule has 2 aromatic carbocycles. The molecule has 2 N–H and O–H groups in total. The molecule has 1 aromatic heterocycles. The first-order valence-electron chi connectivity index (χ1n) is 12.9. The Kier molecular flexibility index (Phi) is 7.74. The lowest BCUT2D eigenvalue weighted by Gasteiger charge is -2.32. The number of hydrogen-bond acceptors (Lipinski definition) is 5. The van der Waals surface area contributed by atoms with Crippen LogP contribution < -0.4 is 15.0 Å². The van der Waals surface area contributed by atoms with Crippen molar-refractivity contribution in [1.29, 1.82) is 0 Å². The summed E-state index contributed by atoms with van der Waals surface area (Å²) in [5.74, 6) is -2.00. The standard InChI is InChI=1S/C29H27ClF3N3O4/c1-40-23-8-4-6-21(31)24(23)29(39)20-5-2-3-7-22(20)36(28(29)38)15-16-9-11-18(12-10-16)35-27(37)19-13-17(30)14-34-25(19)26(32)33/h2-8,13-14,16,18,26,39H,9-12,15H2,1H3,(H,35,37)/t16-,18-,29?. The number of aliphatic hydroxyl groups is 1. The van der Waals surface area contributed by atoms with Crippen molar-refractivity contribution >= 4 is 29.1 Å². The number of carbonyl (C=O) groups excluding carboxylic acids is 2. The fraction of sp³-hybridized carbons (Fsp3) is 0.345. The number of nitrogens with one attached hydrogen (secondary N) is 1. The molecule has 1 unspecified atom stereocenters. The van der Waals surface area contributed by atoms with Gasteiger partial charge in [0.15, 0.2) is 0 Å². The largest absolute Gasteiger partial charge is 0.496 e. The summed E-state index contributed by atoms with van der Waals surface area (Å²) in [6.07, 6.45) is 0.540. The molecule has 1 aliphatic carbocycles. The van der Waals surface area contributed by atoms with E-state index in [1.165, 1.54) is 36.3 Å². The number of methoxy groups -OCH3 is 1. The summed E-state index contributed by atoms with van der Waals surface area (Å²) in [6, 6.07) is 11.8. The maximum Gasteiger partial charge on any atom is 0.281 e. The molecule has 11 heteroatoms. The molecule has 3 aromatic rings. The normalized spacial score (nSPS) is 22.4. The number of aromatic nitrogens is 1. The first kappa shape index (κ1) is 27.9. The molecule has 7 nitrogen and oxygen atoms in total. The molecule has 2 heterocycles. The zero-order valence-electron chi connectivity index (χ0n) is 21.5. The second kappa shape index (κ2) is 11.1. The Morgan fingerprint density at radius 1 is 1.20 bits per heavy atom. The Balaban J connectivity index is 1.30. The monoisotopic (exact) mass is 573 g/mol. The second-order valence-electron chi connectivity index (χ2n) is 10.0. The fourth-order valence-electron chi connectivity index (χ4n) is 5.70. The number of benzene rings is 2. The molecule has 2 aliphatic rings. The van der Waals surface area contributed by atoms with Crippen LogP contribution in [0.5, 0.6) is 5.75 Å². The van der Waals surface area contributed by atoms with Crippen LogP contribution in [0.2, 0.25) is 5.02 Å². The van der Waals surface area contributed by atoms with Gasteiger partial charge >= 0.3 is 0 Å². The molecule has 5 rings (SSSR count). The third-order valence-corrected chi connectivity index (χ3v) is 7.86. The number of amides is 2. The summed E-state index contributed by atoms with van der Waals surface area (Å²) in [7, 11) is 1.35. The molecule has 1 atom stereocenters. The van der Waals surface area contributed by atoms with Gasteiger partial charge in [-0.15, -0.1) is 0 Å². The Hall–Kier alpha value is -3.63. The highest BCUT2D eigenvalue weighted by Gasteiger charge is 2.54. The van der Waals surface area contributed by atoms with E-state index in [1.54, 1.807) is 24.3 Å². The van der Waals surface area contributed by atoms with E-state index in [9.17, 15) is 23.5 Å². The average Bonchev–Trinajstić information content (AvgIpc) is 3.15. The van der Waals surface area contributed by atoms with Gasteiger partial charge in [-0.3, -0.25) is 14.6 Å². The number of rotatable bonds is 7. The number of carbonyl (C=O) groups is 2. The summed E-state index contributed by atoms with van der Waals surface area (Å²) in [4.78, 5) is 31.6. The predicted octanol–water partition coefficient (Wildman–Crippen LogP) is 5.39. The van der Waals surface area contributed by atoms with Gasteiger partial charge in [-0.1, -0.05) is 35.9 Å². The lowest BCUT2D eigenvalue weighted by atomic mass is 9.85. The van der Waals surface area contributed by atoms with Gasteiger partial charge < -0.3 is 20.1 Å². The minimum Gasteiger partial charge on any atom is -0.496 e. The van der Waals surface area contributed by atoms with Gasteiger partial charge in [0.05, 0.1) is 28.9 Å². The molecule has 1 saturated carbocycles. The predicted molar refractivity (Wildman–Crippen MR) is 142 cm³/mol. The molecular weight excluding hydrogens is 547 g/mol. The fourth-order valence-corrected chi connectivity index (χ4v) is 5.86. The third kappa shape index (κ3) is 4.90. The zero-order valence-corrected chi connectivity index (χ0v) is 22.3. The molecule has 2 amide bonds. The van der Waals surface area contributed by atoms with E-state index in [-0.39, 0.29) is 46.0 Å². The highest BCUT2D eigenvalue weighted by Crippen LogP contribution is 2.48. The molecule has 40 heavy (non-hydrogen) atoms. The van der Waals surface area contributed by atoms with E-state index in [4.69, 9.17) is 16.3 Å². The van der Waals surface area contributed by atoms with Gasteiger partial charge in [0.1, 0.15) is 17.3 Å². The second-order valence-corrected chi connectivity index (χ2v) is 10.5. The maximum absolute atomic E-state index is 15.1. The molecule has 0 spiro atoms. The zero-order chi connectivity index (χ0) is 28.6. The van der Waals surface area contributed by atoms with Gasteiger partial charge in [-0.25, -0.2) is 13.2 Å². The van der Waals surface area contributed by atoms with Crippen LogP contribution in [0.15, 0.2) is 54.7 Å². The summed E-state index contributed by atoms with van der Waals surface area (Å²) < 4.78 is 47.0. The van der Waals surface area contributed by atoms with E-state index in [0.29, 0.717) is 31.4 Å². The van der Waals surface area contributed by atoms with Crippen LogP contribution in [0, 0.1) is 11.7 Å². The van der Waals surface area contributed by atoms with E-state index in [1.807, 2.05) is 0 Å². The van der Waals surface area contributed by atoms with E-state index >= 15 is 4.39 Å². The van der Waals surface area contributed by atoms with Gasteiger partial charge in [-0.05, 0) is 55.9 Å². The van der Waals surface area contributed by atoms with Crippen LogP contribution >= 0.6 is 11.6 Å². The first-order chi connectivity index (χ1) is 19.1. The number of halogens is 4. The lowest BCUT2D eigenvalue weighted by Crippen LogP contribution is -2.45. The summed E-state index contributed by atoms with van der Waals surface area (Å²) in [5.41, 5.74) is -2.61. The molecule has 0 saturated heterocycles. The Labute approximate surface area is 233 Å². The van der Waals surface area contributed by atoms with Gasteiger partial charge in [-0.2, -0.15) is 0 Å². The van der Waals surface area contributed by atoms with Gasteiger partial charge in [0, 0.05) is 24.3 Å². The SMILES string of the molecule is COc1cccc(F)c1C1(O)C(=O)N(C[C@H]2CC[C@H](NC(=O)c3cc(Cl)cnc3C(F)F)CC2)c2ccccc21. The summed E-state index contributed by atoms with van der Waals surface area (Å²) in [6.45, 7) is 0.281. The topological polar surface area (TPSA) is 91.8 Å². The highest BCUT2D eigenvalue weighted by molar-refractivity contribution is 6.30. The highest BCUT2D eigenvalue weighted by atomic mass is 35.5. The van der Waals surface area contributed by atoms with E-state index < -0.39 is 35.4 Å². The summed E-state index contributed by atoms with van der Waals surface area (Å²) in [5, 5.41) is 14.7. The maximum atomic E-state index is 15.1. The minimum atomic E-state index is -2.92. The first-order valence-corrected chi connectivity index (χ1v) is 13.2. The van der Waals surface area contributed by atoms with Crippen molar-refractivity contribution in [3.63, 3.8) is 0 Å². The number of para-hydroxylation sites is 1. The molecular formula is C29H27ClF3N3O4. The van der Waals surface area contributed by atoms with Crippen molar-refractivity contribution in [2.75, 3.05) is 18.6 Å². The lowest BCUT2D eigenvalue weighted by molar-refractivity contribution is -0.132. The van der Waals surface area contributed by atoms with Crippen molar-refractivity contribution in [2.24, 2.45) is 5.92 Å². The quantitative estimate of drug-likeness (QED) is 0.395. The number of pyridine rings is 1. The molecule has 0 radical (unpaired) electrons. The van der Waals surface area contributed by atoms with Crippen molar-refractivity contribution in [3.8, 4) is 5.75 Å². The van der Waals surface area contributed by atoms with Crippen LogP contribution in [-0.2, 0) is 10.4 Å². The summed E-state index contributed by atoms with van der Waals surface area (Å²) >= 11 is 5.88. The van der Waals surface area contributed by atoms with Crippen molar-refractivity contribution in [3.05, 3.63) is 88.0 Å². The molecule has 1 fully saturated rings. The van der Waals surface area contributed by atoms with Gasteiger partial charge in [0.25, 0.3) is 18.2 Å². The van der Waals surface area contributed by atoms with E-state index in [0.717, 1.165) is 6.20 Å². The van der Waals surface area contributed by atoms with Crippen molar-refractivity contribution < 1.29 is 32.6 Å². The average molecular weight is 574 g/mol. The Morgan fingerprint density at radius 3 is 2.62 bits per heavy atom. The molecule has 210 valence electrons. The van der Waals surface area contributed by atoms with Crippen LogP contribution in [-0.4, -0.2) is 41.6 Å². The smallest absolute Gasteiger partial charge is 0.281 e. The van der Waals surface area contributed by atoms with E-state index in [2.05, 4.69) is 10.3 Å². The van der Waals surface area contributed by atoms with Crippen LogP contribution in [0.25, 0.3) is 0 Å². The number of nitrogens with zero attached hydrogens (tertiary/aromatic N) is 2. The van der Waals surface area contributed by atoms with Crippen LogP contribution in [0.4, 0.5) is 18.9 Å². The van der Waals surface area contributed by atoms with Crippen molar-refractivity contribution in [1.82, 2.24) is 10.3 Å². The number of fused-ring (bicyclic) bond motifs is 1. The molecule has 1 aliphatic heterocycles. The van der Waals surface area contributed by atoms with Crippen molar-refractivity contribution in [2.45, 2.75) is 43.8 Å². The number of anilines is 1. The third-order valence-electron chi connectivity index (χ3n) is 7.66. The van der Waals surface area contributed by atoms with Gasteiger partial charge in [0.2, 0.25) is 5.60 Å². The molecule has 0 bridgehead atoms. The Morgan fingerprint density at radius 2 is 1.93 bits per heavy atom. The van der Waals surface area contributed by atoms with Crippen LogP contribution in [0.1, 0.15) is 59.3 Å². The van der Waals surface area contributed by atoms with Crippen LogP contribution in [0.3, 0.4) is 0 Å². The number of ether oxygens (including phenoxy) is 1. The number of alkyl halides is 2. The minimum absolute atomic E-state index is 0.0273. The number of hydrogen-bond donors (Lipinski definition) is 2. The Bertz CT molecular complexity index is 1450.